The van der Waals surface area contributed by atoms with Crippen molar-refractivity contribution in [3.05, 3.63) is 41.9 Å². The highest BCUT2D eigenvalue weighted by Gasteiger charge is 2.24. The van der Waals surface area contributed by atoms with Crippen molar-refractivity contribution in [2.75, 3.05) is 31.1 Å². The highest BCUT2D eigenvalue weighted by atomic mass is 16.2. The van der Waals surface area contributed by atoms with E-state index in [2.05, 4.69) is 10.1 Å². The summed E-state index contributed by atoms with van der Waals surface area (Å²) in [5.74, 6) is 0.246. The van der Waals surface area contributed by atoms with Crippen LogP contribution in [0.1, 0.15) is 22.3 Å². The van der Waals surface area contributed by atoms with Gasteiger partial charge in [0, 0.05) is 52.0 Å². The average molecular weight is 342 g/mol. The molecule has 0 atom stereocenters. The Morgan fingerprint density at radius 1 is 1.24 bits per heavy atom. The maximum absolute atomic E-state index is 12.4. The fourth-order valence-corrected chi connectivity index (χ4v) is 3.02. The van der Waals surface area contributed by atoms with Crippen LogP contribution in [0.3, 0.4) is 0 Å². The summed E-state index contributed by atoms with van der Waals surface area (Å²) in [4.78, 5) is 32.1. The predicted molar refractivity (Wildman–Crippen MR) is 93.1 cm³/mol. The van der Waals surface area contributed by atoms with Crippen molar-refractivity contribution < 1.29 is 9.59 Å². The normalized spacial score (nSPS) is 14.6. The Bertz CT molecular complexity index is 764. The molecule has 0 saturated carbocycles. The molecule has 25 heavy (non-hydrogen) atoms. The van der Waals surface area contributed by atoms with Crippen LogP contribution in [0.5, 0.6) is 0 Å². The molecule has 8 nitrogen and oxygen atoms in total. The number of hydrogen-bond acceptors (Lipinski definition) is 5. The number of piperazine rings is 1. The van der Waals surface area contributed by atoms with Crippen molar-refractivity contribution in [3.8, 4) is 0 Å². The zero-order valence-electron chi connectivity index (χ0n) is 14.3. The fourth-order valence-electron chi connectivity index (χ4n) is 3.02. The van der Waals surface area contributed by atoms with E-state index in [1.165, 1.54) is 0 Å². The molecule has 2 aromatic rings. The number of hydrogen-bond donors (Lipinski definition) is 1. The Balaban J connectivity index is 1.55. The van der Waals surface area contributed by atoms with Gasteiger partial charge in [-0.2, -0.15) is 5.10 Å². The lowest BCUT2D eigenvalue weighted by Crippen LogP contribution is -2.49. The Hall–Kier alpha value is -2.90. The van der Waals surface area contributed by atoms with Gasteiger partial charge in [0.25, 0.3) is 5.91 Å². The van der Waals surface area contributed by atoms with Crippen molar-refractivity contribution in [1.29, 1.82) is 0 Å². The van der Waals surface area contributed by atoms with Gasteiger partial charge in [0.2, 0.25) is 5.91 Å². The van der Waals surface area contributed by atoms with E-state index in [-0.39, 0.29) is 5.91 Å². The van der Waals surface area contributed by atoms with Crippen molar-refractivity contribution >= 4 is 17.6 Å². The first-order valence-corrected chi connectivity index (χ1v) is 8.29. The number of anilines is 1. The number of pyridine rings is 1. The minimum absolute atomic E-state index is 0.139. The van der Waals surface area contributed by atoms with Crippen LogP contribution in [-0.4, -0.2) is 57.7 Å². The van der Waals surface area contributed by atoms with Crippen LogP contribution in [-0.2, 0) is 18.3 Å². The average Bonchev–Trinajstić information content (AvgIpc) is 3.05. The molecule has 0 unspecified atom stereocenters. The molecule has 2 N–H and O–H groups in total. The van der Waals surface area contributed by atoms with Crippen LogP contribution >= 0.6 is 0 Å². The number of primary amides is 1. The summed E-state index contributed by atoms with van der Waals surface area (Å²) in [5, 5.41) is 4.11. The minimum Gasteiger partial charge on any atom is -0.365 e. The van der Waals surface area contributed by atoms with E-state index in [4.69, 9.17) is 5.73 Å². The van der Waals surface area contributed by atoms with Crippen LogP contribution in [0, 0.1) is 0 Å². The van der Waals surface area contributed by atoms with Gasteiger partial charge in [0.15, 0.2) is 0 Å². The van der Waals surface area contributed by atoms with Crippen molar-refractivity contribution in [2.24, 2.45) is 12.8 Å². The van der Waals surface area contributed by atoms with E-state index in [0.717, 1.165) is 5.56 Å². The molecule has 1 aliphatic heterocycles. The Morgan fingerprint density at radius 2 is 2.00 bits per heavy atom. The number of nitrogens with zero attached hydrogens (tertiary/aromatic N) is 5. The summed E-state index contributed by atoms with van der Waals surface area (Å²) < 4.78 is 1.74. The molecule has 2 aromatic heterocycles. The Morgan fingerprint density at radius 3 is 2.64 bits per heavy atom. The lowest BCUT2D eigenvalue weighted by molar-refractivity contribution is -0.131. The summed E-state index contributed by atoms with van der Waals surface area (Å²) in [5.41, 5.74) is 6.90. The molecule has 0 spiro atoms. The van der Waals surface area contributed by atoms with Crippen LogP contribution < -0.4 is 10.6 Å². The van der Waals surface area contributed by atoms with E-state index < -0.39 is 5.91 Å². The molecule has 0 bridgehead atoms. The number of nitrogens with two attached hydrogens (primary N) is 1. The number of rotatable bonds is 5. The maximum atomic E-state index is 12.4. The number of carbonyl (C=O) groups is 2. The minimum atomic E-state index is -0.488. The quantitative estimate of drug-likeness (QED) is 0.837. The SMILES string of the molecule is Cn1cc(CCC(=O)N2CCN(c3ncccc3C(N)=O)CC2)cn1. The second-order valence-corrected chi connectivity index (χ2v) is 6.13. The first kappa shape index (κ1) is 16.9. The van der Waals surface area contributed by atoms with E-state index in [1.54, 1.807) is 29.2 Å². The molecule has 1 aliphatic rings. The van der Waals surface area contributed by atoms with Gasteiger partial charge < -0.3 is 15.5 Å². The van der Waals surface area contributed by atoms with Gasteiger partial charge in [0.05, 0.1) is 11.8 Å². The summed E-state index contributed by atoms with van der Waals surface area (Å²) in [6.07, 6.45) is 6.53. The number of amides is 2. The van der Waals surface area contributed by atoms with E-state index in [9.17, 15) is 9.59 Å². The van der Waals surface area contributed by atoms with E-state index >= 15 is 0 Å². The topological polar surface area (TPSA) is 97.4 Å². The van der Waals surface area contributed by atoms with Gasteiger partial charge in [-0.25, -0.2) is 4.98 Å². The van der Waals surface area contributed by atoms with E-state index in [1.807, 2.05) is 23.0 Å². The molecule has 8 heteroatoms. The largest absolute Gasteiger partial charge is 0.365 e. The molecule has 3 heterocycles. The van der Waals surface area contributed by atoms with Gasteiger partial charge in [-0.05, 0) is 24.1 Å². The number of aromatic nitrogens is 3. The third-order valence-corrected chi connectivity index (χ3v) is 4.37. The second kappa shape index (κ2) is 7.33. The number of aryl methyl sites for hydroxylation is 2. The molecule has 132 valence electrons. The third-order valence-electron chi connectivity index (χ3n) is 4.37. The molecule has 0 radical (unpaired) electrons. The number of carbonyl (C=O) groups excluding carboxylic acids is 2. The molecular weight excluding hydrogens is 320 g/mol. The molecule has 1 fully saturated rings. The summed E-state index contributed by atoms with van der Waals surface area (Å²) in [7, 11) is 1.86. The maximum Gasteiger partial charge on any atom is 0.252 e. The predicted octanol–water partition coefficient (Wildman–Crippen LogP) is 0.195. The first-order valence-electron chi connectivity index (χ1n) is 8.29. The molecule has 0 aromatic carbocycles. The molecule has 0 aliphatic carbocycles. The van der Waals surface area contributed by atoms with Crippen LogP contribution in [0.25, 0.3) is 0 Å². The highest BCUT2D eigenvalue weighted by molar-refractivity contribution is 5.97. The second-order valence-electron chi connectivity index (χ2n) is 6.13. The van der Waals surface area contributed by atoms with Crippen molar-refractivity contribution in [3.63, 3.8) is 0 Å². The lowest BCUT2D eigenvalue weighted by atomic mass is 10.1. The van der Waals surface area contributed by atoms with Gasteiger partial charge in [-0.1, -0.05) is 0 Å². The van der Waals surface area contributed by atoms with Crippen LogP contribution in [0.15, 0.2) is 30.7 Å². The fraction of sp³-hybridized carbons (Fsp3) is 0.412. The summed E-state index contributed by atoms with van der Waals surface area (Å²) in [6, 6.07) is 3.37. The van der Waals surface area contributed by atoms with Gasteiger partial charge in [0.1, 0.15) is 5.82 Å². The Labute approximate surface area is 146 Å². The molecule has 2 amide bonds. The molecular formula is C17H22N6O2. The highest BCUT2D eigenvalue weighted by Crippen LogP contribution is 2.19. The lowest BCUT2D eigenvalue weighted by Gasteiger charge is -2.36. The monoisotopic (exact) mass is 342 g/mol. The van der Waals surface area contributed by atoms with Gasteiger partial charge in [-0.15, -0.1) is 0 Å². The zero-order valence-corrected chi connectivity index (χ0v) is 14.3. The van der Waals surface area contributed by atoms with Gasteiger partial charge >= 0.3 is 0 Å². The smallest absolute Gasteiger partial charge is 0.252 e. The molecule has 3 rings (SSSR count). The standard InChI is InChI=1S/C17H22N6O2/c1-21-12-13(11-20-21)4-5-15(24)22-7-9-23(10-8-22)17-14(16(18)25)3-2-6-19-17/h2-3,6,11-12H,4-5,7-10H2,1H3,(H2,18,25). The summed E-state index contributed by atoms with van der Waals surface area (Å²) in [6.45, 7) is 2.49. The zero-order chi connectivity index (χ0) is 17.8. The van der Waals surface area contributed by atoms with Crippen molar-refractivity contribution in [1.82, 2.24) is 19.7 Å². The third kappa shape index (κ3) is 3.96. The summed E-state index contributed by atoms with van der Waals surface area (Å²) >= 11 is 0. The first-order chi connectivity index (χ1) is 12.0. The Kier molecular flexibility index (Phi) is 4.97. The van der Waals surface area contributed by atoms with Crippen molar-refractivity contribution in [2.45, 2.75) is 12.8 Å². The van der Waals surface area contributed by atoms with Gasteiger partial charge in [-0.3, -0.25) is 14.3 Å². The molecule has 1 saturated heterocycles. The van der Waals surface area contributed by atoms with Crippen LogP contribution in [0.2, 0.25) is 0 Å². The van der Waals surface area contributed by atoms with Crippen LogP contribution in [0.4, 0.5) is 5.82 Å². The van der Waals surface area contributed by atoms with E-state index in [0.29, 0.717) is 50.4 Å².